The van der Waals surface area contributed by atoms with Gasteiger partial charge in [0.1, 0.15) is 0 Å². The van der Waals surface area contributed by atoms with Gasteiger partial charge in [-0.05, 0) is 70.8 Å². The van der Waals surface area contributed by atoms with Crippen molar-refractivity contribution >= 4 is 43.6 Å². The lowest BCUT2D eigenvalue weighted by Crippen LogP contribution is -1.90. The fourth-order valence-corrected chi connectivity index (χ4v) is 6.26. The van der Waals surface area contributed by atoms with E-state index < -0.39 is 0 Å². The average molecular weight is 588 g/mol. The Morgan fingerprint density at radius 1 is 0.391 bits per heavy atom. The summed E-state index contributed by atoms with van der Waals surface area (Å²) in [5.41, 5.74) is 12.1. The Morgan fingerprint density at radius 2 is 1.02 bits per heavy atom. The van der Waals surface area contributed by atoms with Crippen molar-refractivity contribution in [3.05, 3.63) is 152 Å². The van der Waals surface area contributed by atoms with Crippen molar-refractivity contribution in [1.82, 2.24) is 24.9 Å². The summed E-state index contributed by atoms with van der Waals surface area (Å²) in [6, 6.07) is 44.3. The van der Waals surface area contributed by atoms with Gasteiger partial charge in [-0.3, -0.25) is 15.0 Å². The lowest BCUT2D eigenvalue weighted by Gasteiger charge is -2.10. The summed E-state index contributed by atoms with van der Waals surface area (Å²) in [5, 5.41) is 4.38. The molecule has 0 spiro atoms. The normalized spacial score (nSPS) is 11.5. The van der Waals surface area contributed by atoms with E-state index in [1.165, 1.54) is 0 Å². The molecule has 0 fully saturated rings. The minimum Gasteiger partial charge on any atom is -0.264 e. The second kappa shape index (κ2) is 10.7. The fraction of sp³-hybridized carbons (Fsp3) is 0. The van der Waals surface area contributed by atoms with Crippen LogP contribution in [0.3, 0.4) is 0 Å². The van der Waals surface area contributed by atoms with Gasteiger partial charge in [-0.2, -0.15) is 0 Å². The van der Waals surface area contributed by atoms with E-state index >= 15 is 0 Å². The summed E-state index contributed by atoms with van der Waals surface area (Å²) in [5.74, 6) is 0. The predicted molar refractivity (Wildman–Crippen MR) is 187 cm³/mol. The molecule has 0 aliphatic carbocycles. The van der Waals surface area contributed by atoms with Crippen LogP contribution in [0.25, 0.3) is 88.4 Å². The van der Waals surface area contributed by atoms with Gasteiger partial charge in [0, 0.05) is 57.5 Å². The molecule has 9 rings (SSSR count). The average Bonchev–Trinajstić information content (AvgIpc) is 3.14. The summed E-state index contributed by atoms with van der Waals surface area (Å²) < 4.78 is 0. The molecule has 0 atom stereocenters. The molecule has 0 aliphatic heterocycles. The van der Waals surface area contributed by atoms with Crippen LogP contribution in [0.4, 0.5) is 0 Å². The van der Waals surface area contributed by atoms with E-state index in [1.54, 1.807) is 6.20 Å². The lowest BCUT2D eigenvalue weighted by molar-refractivity contribution is 1.30. The standard InChI is InChI=1S/C41H25N5/c1-4-33(25-42-20-1)37-18-15-29-10-12-32(24-39(29)46-37)36-17-14-28-9-11-31(23-38(28)45-36)26-5-7-27(8-6-26)34-19-22-44-41-35(34)16-13-30-3-2-21-43-40(30)41/h1-25H. The molecule has 9 aromatic rings. The molecular formula is C41H25N5. The van der Waals surface area contributed by atoms with Crippen molar-refractivity contribution in [2.45, 2.75) is 0 Å². The molecule has 0 N–H and O–H groups in total. The molecule has 5 heterocycles. The summed E-state index contributed by atoms with van der Waals surface area (Å²) in [6.07, 6.45) is 7.31. The van der Waals surface area contributed by atoms with Crippen molar-refractivity contribution in [3.63, 3.8) is 0 Å². The highest BCUT2D eigenvalue weighted by Gasteiger charge is 2.11. The number of hydrogen-bond donors (Lipinski definition) is 0. The topological polar surface area (TPSA) is 64.5 Å². The minimum absolute atomic E-state index is 0.905. The molecule has 46 heavy (non-hydrogen) atoms. The molecule has 214 valence electrons. The maximum atomic E-state index is 5.09. The Bertz CT molecular complexity index is 2580. The molecule has 0 aliphatic rings. The number of aromatic nitrogens is 5. The number of rotatable bonds is 4. The van der Waals surface area contributed by atoms with E-state index in [9.17, 15) is 0 Å². The summed E-state index contributed by atoms with van der Waals surface area (Å²) >= 11 is 0. The third-order valence-corrected chi connectivity index (χ3v) is 8.65. The van der Waals surface area contributed by atoms with Crippen LogP contribution in [0.1, 0.15) is 0 Å². The number of pyridine rings is 5. The van der Waals surface area contributed by atoms with E-state index in [4.69, 9.17) is 9.97 Å². The zero-order valence-electron chi connectivity index (χ0n) is 24.7. The molecule has 4 aromatic carbocycles. The third kappa shape index (κ3) is 4.54. The van der Waals surface area contributed by atoms with Gasteiger partial charge in [-0.15, -0.1) is 0 Å². The monoisotopic (exact) mass is 587 g/mol. The van der Waals surface area contributed by atoms with Crippen molar-refractivity contribution < 1.29 is 0 Å². The first-order valence-electron chi connectivity index (χ1n) is 15.2. The molecule has 5 aromatic heterocycles. The molecule has 0 saturated heterocycles. The second-order valence-corrected chi connectivity index (χ2v) is 11.4. The van der Waals surface area contributed by atoms with E-state index in [-0.39, 0.29) is 0 Å². The van der Waals surface area contributed by atoms with Gasteiger partial charge in [-0.1, -0.05) is 78.9 Å². The highest BCUT2D eigenvalue weighted by molar-refractivity contribution is 6.08. The first-order chi connectivity index (χ1) is 22.8. The van der Waals surface area contributed by atoms with Crippen molar-refractivity contribution in [2.24, 2.45) is 0 Å². The van der Waals surface area contributed by atoms with E-state index in [1.807, 2.05) is 42.9 Å². The van der Waals surface area contributed by atoms with Crippen LogP contribution < -0.4 is 0 Å². The molecule has 0 amide bonds. The fourth-order valence-electron chi connectivity index (χ4n) is 6.26. The third-order valence-electron chi connectivity index (χ3n) is 8.65. The van der Waals surface area contributed by atoms with E-state index in [0.29, 0.717) is 0 Å². The van der Waals surface area contributed by atoms with Gasteiger partial charge in [-0.25, -0.2) is 9.97 Å². The smallest absolute Gasteiger partial charge is 0.0970 e. The van der Waals surface area contributed by atoms with Gasteiger partial charge in [0.15, 0.2) is 0 Å². The van der Waals surface area contributed by atoms with Crippen molar-refractivity contribution in [3.8, 4) is 44.8 Å². The highest BCUT2D eigenvalue weighted by Crippen LogP contribution is 2.33. The lowest BCUT2D eigenvalue weighted by atomic mass is 9.97. The number of nitrogens with zero attached hydrogens (tertiary/aromatic N) is 5. The number of benzene rings is 4. The molecule has 5 nitrogen and oxygen atoms in total. The Kier molecular flexibility index (Phi) is 6.06. The van der Waals surface area contributed by atoms with Crippen LogP contribution in [0.5, 0.6) is 0 Å². The summed E-state index contributed by atoms with van der Waals surface area (Å²) in [6.45, 7) is 0. The molecule has 0 radical (unpaired) electrons. The van der Waals surface area contributed by atoms with Gasteiger partial charge in [0.05, 0.1) is 33.5 Å². The SMILES string of the molecule is c1cncc(-c2ccc3ccc(-c4ccc5ccc(-c6ccc(-c7ccnc8c7ccc7cccnc78)cc6)cc5n4)cc3n2)c1. The predicted octanol–water partition coefficient (Wildman–Crippen LogP) is 9.94. The van der Waals surface area contributed by atoms with Gasteiger partial charge < -0.3 is 0 Å². The summed E-state index contributed by atoms with van der Waals surface area (Å²) in [4.78, 5) is 23.6. The Balaban J connectivity index is 1.05. The van der Waals surface area contributed by atoms with Gasteiger partial charge >= 0.3 is 0 Å². The largest absolute Gasteiger partial charge is 0.264 e. The second-order valence-electron chi connectivity index (χ2n) is 11.4. The molecule has 0 bridgehead atoms. The zero-order valence-corrected chi connectivity index (χ0v) is 24.7. The highest BCUT2D eigenvalue weighted by atomic mass is 14.7. The molecular weight excluding hydrogens is 562 g/mol. The molecule has 0 unspecified atom stereocenters. The Morgan fingerprint density at radius 3 is 1.80 bits per heavy atom. The van der Waals surface area contributed by atoms with Crippen LogP contribution in [0.15, 0.2) is 152 Å². The van der Waals surface area contributed by atoms with Crippen molar-refractivity contribution in [2.75, 3.05) is 0 Å². The number of hydrogen-bond acceptors (Lipinski definition) is 5. The number of fused-ring (bicyclic) bond motifs is 5. The summed E-state index contributed by atoms with van der Waals surface area (Å²) in [7, 11) is 0. The quantitative estimate of drug-likeness (QED) is 0.192. The van der Waals surface area contributed by atoms with E-state index in [2.05, 4.69) is 118 Å². The van der Waals surface area contributed by atoms with Crippen LogP contribution in [-0.2, 0) is 0 Å². The Labute approximate surface area is 264 Å². The first-order valence-corrected chi connectivity index (χ1v) is 15.2. The van der Waals surface area contributed by atoms with Crippen LogP contribution in [0.2, 0.25) is 0 Å². The van der Waals surface area contributed by atoms with Crippen LogP contribution in [-0.4, -0.2) is 24.9 Å². The Hall–Kier alpha value is -6.33. The minimum atomic E-state index is 0.905. The van der Waals surface area contributed by atoms with Gasteiger partial charge in [0.25, 0.3) is 0 Å². The van der Waals surface area contributed by atoms with Crippen LogP contribution >= 0.6 is 0 Å². The molecule has 5 heteroatoms. The first kappa shape index (κ1) is 26.1. The maximum absolute atomic E-state index is 5.09. The molecule has 0 saturated carbocycles. The van der Waals surface area contributed by atoms with Gasteiger partial charge in [0.2, 0.25) is 0 Å². The zero-order chi connectivity index (χ0) is 30.5. The van der Waals surface area contributed by atoms with Crippen LogP contribution in [0, 0.1) is 0 Å². The van der Waals surface area contributed by atoms with Crippen molar-refractivity contribution in [1.29, 1.82) is 0 Å². The maximum Gasteiger partial charge on any atom is 0.0970 e. The van der Waals surface area contributed by atoms with E-state index in [0.717, 1.165) is 88.4 Å².